The molecule has 0 bridgehead atoms. The fourth-order valence-corrected chi connectivity index (χ4v) is 0.993. The van der Waals surface area contributed by atoms with E-state index in [1.165, 1.54) is 0 Å². The Bertz CT molecular complexity index is 175. The Labute approximate surface area is 80.8 Å². The molecule has 2 N–H and O–H groups in total. The van der Waals surface area contributed by atoms with E-state index in [9.17, 15) is 9.59 Å². The van der Waals surface area contributed by atoms with Gasteiger partial charge in [0.05, 0.1) is 0 Å². The maximum Gasteiger partial charge on any atom is 0.237 e. The van der Waals surface area contributed by atoms with Crippen LogP contribution in [0.5, 0.6) is 0 Å². The molecule has 12 heavy (non-hydrogen) atoms. The third kappa shape index (κ3) is 3.78. The van der Waals surface area contributed by atoms with Gasteiger partial charge in [-0.25, -0.2) is 0 Å². The number of rotatable bonds is 4. The van der Waals surface area contributed by atoms with Crippen LogP contribution >= 0.6 is 23.6 Å². The summed E-state index contributed by atoms with van der Waals surface area (Å²) in [5.41, 5.74) is 0. The molecule has 0 saturated heterocycles. The standard InChI is InChI=1S/C6H10Cl2N2O2/c1-2-4(6(12)10-8)3-5(11)9-7/h4H,2-3H2,1H3,(H,9,11)(H,10,12). The van der Waals surface area contributed by atoms with E-state index in [1.807, 2.05) is 9.67 Å². The van der Waals surface area contributed by atoms with Crippen molar-refractivity contribution in [2.45, 2.75) is 19.8 Å². The fraction of sp³-hybridized carbons (Fsp3) is 0.667. The van der Waals surface area contributed by atoms with E-state index in [4.69, 9.17) is 23.6 Å². The molecule has 0 aliphatic heterocycles. The van der Waals surface area contributed by atoms with Crippen molar-refractivity contribution in [3.05, 3.63) is 0 Å². The van der Waals surface area contributed by atoms with Crippen LogP contribution in [-0.4, -0.2) is 11.8 Å². The highest BCUT2D eigenvalue weighted by Crippen LogP contribution is 2.08. The molecule has 6 heteroatoms. The van der Waals surface area contributed by atoms with Crippen LogP contribution in [0, 0.1) is 5.92 Å². The predicted octanol–water partition coefficient (Wildman–Crippen LogP) is 0.943. The van der Waals surface area contributed by atoms with E-state index in [1.54, 1.807) is 6.92 Å². The lowest BCUT2D eigenvalue weighted by Gasteiger charge is -2.09. The molecule has 0 radical (unpaired) electrons. The van der Waals surface area contributed by atoms with Gasteiger partial charge in [0.2, 0.25) is 11.8 Å². The van der Waals surface area contributed by atoms with E-state index >= 15 is 0 Å². The van der Waals surface area contributed by atoms with Gasteiger partial charge >= 0.3 is 0 Å². The van der Waals surface area contributed by atoms with Gasteiger partial charge < -0.3 is 0 Å². The molecule has 0 aromatic heterocycles. The summed E-state index contributed by atoms with van der Waals surface area (Å²) in [6, 6.07) is 0. The van der Waals surface area contributed by atoms with Crippen LogP contribution < -0.4 is 9.67 Å². The van der Waals surface area contributed by atoms with Gasteiger partial charge in [-0.3, -0.25) is 19.3 Å². The number of hydrogen-bond acceptors (Lipinski definition) is 2. The quantitative estimate of drug-likeness (QED) is 0.683. The van der Waals surface area contributed by atoms with Crippen molar-refractivity contribution in [3.8, 4) is 0 Å². The molecule has 0 spiro atoms. The second-order valence-electron chi connectivity index (χ2n) is 2.29. The molecular formula is C6H10Cl2N2O2. The Morgan fingerprint density at radius 2 is 1.92 bits per heavy atom. The van der Waals surface area contributed by atoms with Gasteiger partial charge in [-0.1, -0.05) is 6.92 Å². The van der Waals surface area contributed by atoms with Crippen molar-refractivity contribution in [3.63, 3.8) is 0 Å². The molecule has 70 valence electrons. The number of amides is 2. The zero-order chi connectivity index (χ0) is 9.56. The molecule has 0 aliphatic rings. The van der Waals surface area contributed by atoms with Crippen LogP contribution in [0.1, 0.15) is 19.8 Å². The van der Waals surface area contributed by atoms with Crippen molar-refractivity contribution in [2.75, 3.05) is 0 Å². The molecule has 0 aromatic rings. The van der Waals surface area contributed by atoms with Crippen molar-refractivity contribution < 1.29 is 9.59 Å². The highest BCUT2D eigenvalue weighted by molar-refractivity contribution is 6.23. The molecule has 1 unspecified atom stereocenters. The van der Waals surface area contributed by atoms with Gasteiger partial charge in [0.15, 0.2) is 0 Å². The zero-order valence-corrected chi connectivity index (χ0v) is 8.08. The first kappa shape index (κ1) is 11.5. The van der Waals surface area contributed by atoms with Crippen LogP contribution in [0.25, 0.3) is 0 Å². The summed E-state index contributed by atoms with van der Waals surface area (Å²) in [7, 11) is 0. The first-order chi connectivity index (χ1) is 5.65. The topological polar surface area (TPSA) is 58.2 Å². The molecule has 2 amide bonds. The molecule has 0 fully saturated rings. The van der Waals surface area contributed by atoms with Gasteiger partial charge in [-0.15, -0.1) is 0 Å². The summed E-state index contributed by atoms with van der Waals surface area (Å²) in [6.45, 7) is 1.79. The Balaban J connectivity index is 3.99. The Kier molecular flexibility index (Phi) is 5.84. The lowest BCUT2D eigenvalue weighted by atomic mass is 10.0. The average molecular weight is 213 g/mol. The molecule has 1 atom stereocenters. The van der Waals surface area contributed by atoms with Crippen LogP contribution in [0.3, 0.4) is 0 Å². The summed E-state index contributed by atoms with van der Waals surface area (Å²) < 4.78 is 0. The maximum atomic E-state index is 10.9. The number of hydrogen-bond donors (Lipinski definition) is 2. The predicted molar refractivity (Wildman–Crippen MR) is 46.4 cm³/mol. The molecule has 4 nitrogen and oxygen atoms in total. The minimum absolute atomic E-state index is 0.0541. The third-order valence-electron chi connectivity index (χ3n) is 1.49. The van der Waals surface area contributed by atoms with E-state index < -0.39 is 5.92 Å². The fourth-order valence-electron chi connectivity index (χ4n) is 0.762. The van der Waals surface area contributed by atoms with E-state index in [0.29, 0.717) is 6.42 Å². The Hall–Kier alpha value is -0.480. The number of carbonyl (C=O) groups is 2. The first-order valence-electron chi connectivity index (χ1n) is 3.45. The van der Waals surface area contributed by atoms with E-state index in [2.05, 4.69) is 0 Å². The normalized spacial score (nSPS) is 11.9. The average Bonchev–Trinajstić information content (AvgIpc) is 2.12. The minimum atomic E-state index is -0.416. The van der Waals surface area contributed by atoms with Crippen LogP contribution in [-0.2, 0) is 9.59 Å². The summed E-state index contributed by atoms with van der Waals surface area (Å²) in [5, 5.41) is 0. The lowest BCUT2D eigenvalue weighted by Crippen LogP contribution is -2.28. The maximum absolute atomic E-state index is 10.9. The second-order valence-corrected chi connectivity index (χ2v) is 2.66. The highest BCUT2D eigenvalue weighted by atomic mass is 35.5. The van der Waals surface area contributed by atoms with Crippen molar-refractivity contribution >= 4 is 35.4 Å². The second kappa shape index (κ2) is 6.08. The van der Waals surface area contributed by atoms with Gasteiger partial charge in [-0.05, 0) is 6.42 Å². The van der Waals surface area contributed by atoms with Crippen LogP contribution in [0.4, 0.5) is 0 Å². The Morgan fingerprint density at radius 3 is 2.25 bits per heavy atom. The Morgan fingerprint density at radius 1 is 1.33 bits per heavy atom. The molecular weight excluding hydrogens is 203 g/mol. The van der Waals surface area contributed by atoms with Crippen molar-refractivity contribution in [2.24, 2.45) is 5.92 Å². The van der Waals surface area contributed by atoms with Crippen molar-refractivity contribution in [1.82, 2.24) is 9.67 Å². The van der Waals surface area contributed by atoms with E-state index in [-0.39, 0.29) is 18.2 Å². The smallest absolute Gasteiger partial charge is 0.237 e. The van der Waals surface area contributed by atoms with Crippen LogP contribution in [0.15, 0.2) is 0 Å². The SMILES string of the molecule is CCC(CC(=O)NCl)C(=O)NCl. The lowest BCUT2D eigenvalue weighted by molar-refractivity contribution is -0.128. The first-order valence-corrected chi connectivity index (χ1v) is 4.21. The third-order valence-corrected chi connectivity index (χ3v) is 1.89. The zero-order valence-electron chi connectivity index (χ0n) is 6.56. The van der Waals surface area contributed by atoms with Crippen molar-refractivity contribution in [1.29, 1.82) is 0 Å². The molecule has 0 aliphatic carbocycles. The minimum Gasteiger partial charge on any atom is -0.274 e. The largest absolute Gasteiger partial charge is 0.274 e. The molecule has 0 aromatic carbocycles. The van der Waals surface area contributed by atoms with Gasteiger partial charge in [-0.2, -0.15) is 0 Å². The highest BCUT2D eigenvalue weighted by Gasteiger charge is 2.18. The number of nitrogens with one attached hydrogen (secondary N) is 2. The number of halogens is 2. The summed E-state index contributed by atoms with van der Waals surface area (Å²) in [5.74, 6) is -1.16. The molecule has 0 rings (SSSR count). The molecule has 0 saturated carbocycles. The summed E-state index contributed by atoms with van der Waals surface area (Å²) in [4.78, 5) is 25.5. The summed E-state index contributed by atoms with van der Waals surface area (Å²) in [6.07, 6.45) is 0.599. The van der Waals surface area contributed by atoms with E-state index in [0.717, 1.165) is 0 Å². The van der Waals surface area contributed by atoms with Gasteiger partial charge in [0.1, 0.15) is 0 Å². The van der Waals surface area contributed by atoms with Crippen LogP contribution in [0.2, 0.25) is 0 Å². The summed E-state index contributed by atoms with van der Waals surface area (Å²) >= 11 is 10.1. The van der Waals surface area contributed by atoms with Gasteiger partial charge in [0.25, 0.3) is 0 Å². The van der Waals surface area contributed by atoms with Gasteiger partial charge in [0, 0.05) is 35.9 Å². The molecule has 0 heterocycles. The number of carbonyl (C=O) groups excluding carboxylic acids is 2. The monoisotopic (exact) mass is 212 g/mol.